The minimum Gasteiger partial charge on any atom is -0.510 e. The summed E-state index contributed by atoms with van der Waals surface area (Å²) < 4.78 is 15.1. The summed E-state index contributed by atoms with van der Waals surface area (Å²) in [5, 5.41) is 2.17. The number of benzene rings is 5. The summed E-state index contributed by atoms with van der Waals surface area (Å²) in [6.07, 6.45) is 1.79. The monoisotopic (exact) mass is 694 g/mol. The van der Waals surface area contributed by atoms with Gasteiger partial charge in [-0.05, 0) is 29.3 Å². The van der Waals surface area contributed by atoms with Crippen LogP contribution in [0, 0.1) is 18.2 Å². The Bertz CT molecular complexity index is 1830. The molecule has 7 rings (SSSR count). The van der Waals surface area contributed by atoms with E-state index in [9.17, 15) is 0 Å². The topological polar surface area (TPSA) is 26.0 Å². The maximum absolute atomic E-state index is 8.97. The van der Waals surface area contributed by atoms with Crippen molar-refractivity contribution in [2.75, 3.05) is 0 Å². The van der Waals surface area contributed by atoms with Gasteiger partial charge in [0.1, 0.15) is 5.58 Å². The average molecular weight is 694 g/mol. The van der Waals surface area contributed by atoms with E-state index in [1.807, 2.05) is 128 Å². The van der Waals surface area contributed by atoms with Gasteiger partial charge in [-0.25, -0.2) is 5.56 Å². The molecule has 0 aliphatic heterocycles. The van der Waals surface area contributed by atoms with Gasteiger partial charge in [0.05, 0.1) is 0 Å². The van der Waals surface area contributed by atoms with E-state index in [-0.39, 0.29) is 20.1 Å². The first-order chi connectivity index (χ1) is 19.6. The molecular formula is C37H26IrNO. The van der Waals surface area contributed by atoms with Crippen LogP contribution in [0.15, 0.2) is 138 Å². The predicted octanol–water partition coefficient (Wildman–Crippen LogP) is 9.55. The van der Waals surface area contributed by atoms with Crippen LogP contribution in [0.5, 0.6) is 0 Å². The molecule has 0 bridgehead atoms. The average Bonchev–Trinajstić information content (AvgIpc) is 3.42. The van der Waals surface area contributed by atoms with Gasteiger partial charge in [-0.15, -0.1) is 53.6 Å². The number of fused-ring (bicyclic) bond motifs is 3. The van der Waals surface area contributed by atoms with Crippen LogP contribution < -0.4 is 0 Å². The molecule has 0 aliphatic rings. The molecule has 7 aromatic rings. The molecule has 0 radical (unpaired) electrons. The second-order valence-electron chi connectivity index (χ2n) is 9.17. The van der Waals surface area contributed by atoms with Crippen molar-refractivity contribution in [3.8, 4) is 22.4 Å². The normalized spacial score (nSPS) is 12.5. The van der Waals surface area contributed by atoms with Crippen LogP contribution in [0.1, 0.15) is 25.3 Å². The van der Waals surface area contributed by atoms with Crippen LogP contribution in [0.4, 0.5) is 0 Å². The molecule has 0 saturated heterocycles. The largest absolute Gasteiger partial charge is 3.00 e. The molecule has 5 aromatic carbocycles. The van der Waals surface area contributed by atoms with Crippen molar-refractivity contribution in [2.24, 2.45) is 0 Å². The van der Waals surface area contributed by atoms with E-state index < -0.39 is 5.89 Å². The number of aromatic nitrogens is 1. The van der Waals surface area contributed by atoms with Crippen molar-refractivity contribution in [3.63, 3.8) is 0 Å². The molecule has 0 N–H and O–H groups in total. The zero-order valence-electron chi connectivity index (χ0n) is 22.9. The van der Waals surface area contributed by atoms with Gasteiger partial charge in [-0.2, -0.15) is 35.9 Å². The fraction of sp³-hybridized carbons (Fsp3) is 0.0541. The third kappa shape index (κ3) is 5.82. The van der Waals surface area contributed by atoms with Gasteiger partial charge in [0, 0.05) is 18.5 Å². The molecule has 2 nitrogen and oxygen atoms in total. The molecule has 0 amide bonds. The van der Waals surface area contributed by atoms with Gasteiger partial charge in [-0.1, -0.05) is 73.0 Å². The number of hydrogen-bond acceptors (Lipinski definition) is 2. The Morgan fingerprint density at radius 2 is 1.43 bits per heavy atom. The summed E-state index contributed by atoms with van der Waals surface area (Å²) in [5.74, 6) is -0.854. The smallest absolute Gasteiger partial charge is 0.510 e. The molecule has 2 aromatic heterocycles. The Morgan fingerprint density at radius 1 is 0.675 bits per heavy atom. The Morgan fingerprint density at radius 3 is 2.23 bits per heavy atom. The first kappa shape index (κ1) is 25.9. The Balaban J connectivity index is 0.000000218. The van der Waals surface area contributed by atoms with Crippen LogP contribution in [-0.2, 0) is 20.1 Å². The number of rotatable bonds is 4. The summed E-state index contributed by atoms with van der Waals surface area (Å²) in [7, 11) is 0. The van der Waals surface area contributed by atoms with E-state index in [4.69, 9.17) is 5.79 Å². The Hall–Kier alpha value is -4.30. The summed E-state index contributed by atoms with van der Waals surface area (Å²) in [6.45, 7) is 1.92. The number of hydrogen-bond donors (Lipinski definition) is 0. The van der Waals surface area contributed by atoms with Crippen molar-refractivity contribution in [1.29, 1.82) is 0 Å². The first-order valence-corrected chi connectivity index (χ1v) is 12.9. The second kappa shape index (κ2) is 12.7. The Kier molecular flexibility index (Phi) is 8.24. The number of para-hydroxylation sites is 1. The fourth-order valence-electron chi connectivity index (χ4n) is 4.66. The van der Waals surface area contributed by atoms with Gasteiger partial charge in [0.15, 0.2) is 0 Å². The van der Waals surface area contributed by atoms with E-state index >= 15 is 0 Å². The van der Waals surface area contributed by atoms with Gasteiger partial charge in [0.25, 0.3) is 0 Å². The molecule has 194 valence electrons. The van der Waals surface area contributed by atoms with Crippen molar-refractivity contribution in [3.05, 3.63) is 163 Å². The molecule has 2 heterocycles. The summed E-state index contributed by atoms with van der Waals surface area (Å²) in [4.78, 5) is 4.22. The Labute approximate surface area is 250 Å². The number of furan rings is 1. The van der Waals surface area contributed by atoms with E-state index in [0.717, 1.165) is 55.4 Å². The van der Waals surface area contributed by atoms with Crippen LogP contribution >= 0.6 is 0 Å². The zero-order chi connectivity index (χ0) is 27.4. The second-order valence-corrected chi connectivity index (χ2v) is 9.17. The van der Waals surface area contributed by atoms with Crippen LogP contribution in [0.25, 0.3) is 44.3 Å². The first-order valence-electron chi connectivity index (χ1n) is 13.4. The van der Waals surface area contributed by atoms with E-state index in [2.05, 4.69) is 29.2 Å². The van der Waals surface area contributed by atoms with Gasteiger partial charge < -0.3 is 9.40 Å². The van der Waals surface area contributed by atoms with E-state index in [1.54, 1.807) is 6.20 Å². The number of nitrogens with zero attached hydrogens (tertiary/aromatic N) is 1. The standard InChI is InChI=1S/C26H18O.C11H8N.Ir/c1-18(19-9-3-2-4-10-19)20-11-7-12-21(17-20)22-14-8-15-24-23-13-5-6-16-25(23)27-26(22)24;1-2-6-10(7-3-1)11-8-4-5-9-12-11;/h2-11,13,15-18H,1H3;1-6,8-9H;/q-2;-1;+3/i18D;;. The van der Waals surface area contributed by atoms with Crippen molar-refractivity contribution >= 4 is 21.9 Å². The summed E-state index contributed by atoms with van der Waals surface area (Å²) >= 11 is 0. The van der Waals surface area contributed by atoms with Crippen molar-refractivity contribution in [2.45, 2.75) is 12.8 Å². The minimum atomic E-state index is -0.854. The van der Waals surface area contributed by atoms with Crippen molar-refractivity contribution < 1.29 is 25.9 Å². The molecule has 0 fully saturated rings. The van der Waals surface area contributed by atoms with Gasteiger partial charge in [-0.3, -0.25) is 0 Å². The van der Waals surface area contributed by atoms with Crippen LogP contribution in [-0.4, -0.2) is 4.98 Å². The third-order valence-corrected chi connectivity index (χ3v) is 6.70. The predicted molar refractivity (Wildman–Crippen MR) is 159 cm³/mol. The minimum absolute atomic E-state index is 0. The molecule has 1 atom stereocenters. The molecule has 3 heteroatoms. The quantitative estimate of drug-likeness (QED) is 0.172. The molecule has 0 aliphatic carbocycles. The molecule has 1 unspecified atom stereocenters. The van der Waals surface area contributed by atoms with E-state index in [0.29, 0.717) is 0 Å². The zero-order valence-corrected chi connectivity index (χ0v) is 24.3. The molecule has 0 spiro atoms. The van der Waals surface area contributed by atoms with Crippen molar-refractivity contribution in [1.82, 2.24) is 4.98 Å². The molecular weight excluding hydrogens is 667 g/mol. The maximum atomic E-state index is 8.97. The molecule has 0 saturated carbocycles. The van der Waals surface area contributed by atoms with Gasteiger partial charge in [0.2, 0.25) is 0 Å². The molecule has 40 heavy (non-hydrogen) atoms. The number of pyridine rings is 1. The SMILES string of the molecule is [2H]C(C)(c1ccccc1)c1cc[c-]c(-c2[c-]ccc3c2oc2ccccc23)c1.[Ir+3].[c-]1ccccc1-c1ccccn1. The van der Waals surface area contributed by atoms with E-state index in [1.165, 1.54) is 0 Å². The summed E-state index contributed by atoms with van der Waals surface area (Å²) in [6, 6.07) is 51.2. The van der Waals surface area contributed by atoms with Gasteiger partial charge >= 0.3 is 20.1 Å². The fourth-order valence-corrected chi connectivity index (χ4v) is 4.66. The maximum Gasteiger partial charge on any atom is 3.00 e. The van der Waals surface area contributed by atoms with Crippen LogP contribution in [0.2, 0.25) is 0 Å². The van der Waals surface area contributed by atoms with Crippen LogP contribution in [0.3, 0.4) is 0 Å². The third-order valence-electron chi connectivity index (χ3n) is 6.70. The summed E-state index contributed by atoms with van der Waals surface area (Å²) in [5.41, 5.74) is 7.31.